The van der Waals surface area contributed by atoms with Crippen molar-refractivity contribution >= 4 is 41.1 Å². The molecule has 1 spiro atoms. The number of carbonyl (C=O) groups is 4. The van der Waals surface area contributed by atoms with Gasteiger partial charge in [-0.25, -0.2) is 4.79 Å². The lowest BCUT2D eigenvalue weighted by Gasteiger charge is -2.36. The molecule has 4 amide bonds. The van der Waals surface area contributed by atoms with E-state index >= 15 is 0 Å². The maximum Gasteiger partial charge on any atom is 0.326 e. The number of urea groups is 1. The number of imide groups is 1. The Morgan fingerprint density at radius 1 is 1.34 bits per heavy atom. The van der Waals surface area contributed by atoms with Crippen molar-refractivity contribution < 1.29 is 23.9 Å². The zero-order valence-corrected chi connectivity index (χ0v) is 17.2. The van der Waals surface area contributed by atoms with Gasteiger partial charge in [-0.2, -0.15) is 0 Å². The number of halogens is 1. The average Bonchev–Trinajstić information content (AvgIpc) is 2.90. The van der Waals surface area contributed by atoms with Crippen molar-refractivity contribution in [2.24, 2.45) is 5.92 Å². The molecule has 1 heterocycles. The summed E-state index contributed by atoms with van der Waals surface area (Å²) in [4.78, 5) is 50.1. The molecule has 1 aromatic carbocycles. The highest BCUT2D eigenvalue weighted by atomic mass is 35.5. The summed E-state index contributed by atoms with van der Waals surface area (Å²) in [5.41, 5.74) is 0.411. The van der Waals surface area contributed by atoms with Crippen LogP contribution in [0.3, 0.4) is 0 Å². The lowest BCUT2D eigenvalue weighted by molar-refractivity contribution is -0.150. The molecule has 0 aromatic heterocycles. The Balaban J connectivity index is 1.53. The molecule has 2 atom stereocenters. The van der Waals surface area contributed by atoms with E-state index in [0.29, 0.717) is 17.1 Å². The summed E-state index contributed by atoms with van der Waals surface area (Å²) in [5.74, 6) is -1.81. The highest BCUT2D eigenvalue weighted by molar-refractivity contribution is 6.33. The maximum atomic E-state index is 12.8. The van der Waals surface area contributed by atoms with Gasteiger partial charge in [-0.1, -0.05) is 37.4 Å². The molecule has 1 saturated heterocycles. The third-order valence-corrected chi connectivity index (χ3v) is 5.86. The van der Waals surface area contributed by atoms with E-state index in [9.17, 15) is 19.2 Å². The van der Waals surface area contributed by atoms with Gasteiger partial charge in [0.25, 0.3) is 11.8 Å². The zero-order chi connectivity index (χ0) is 21.2. The molecule has 2 N–H and O–H groups in total. The lowest BCUT2D eigenvalue weighted by atomic mass is 9.73. The Morgan fingerprint density at radius 3 is 2.79 bits per heavy atom. The molecule has 2 aliphatic rings. The van der Waals surface area contributed by atoms with Crippen LogP contribution in [0.5, 0.6) is 0 Å². The first kappa shape index (κ1) is 21.1. The Kier molecular flexibility index (Phi) is 6.12. The largest absolute Gasteiger partial charge is 0.454 e. The Hall–Kier alpha value is -2.61. The van der Waals surface area contributed by atoms with Crippen LogP contribution in [0.1, 0.15) is 38.2 Å². The molecule has 29 heavy (non-hydrogen) atoms. The molecular weight excluding hydrogens is 398 g/mol. The van der Waals surface area contributed by atoms with Gasteiger partial charge in [0.15, 0.2) is 6.61 Å². The fraction of sp³-hybridized carbons (Fsp3) is 0.500. The van der Waals surface area contributed by atoms with Crippen LogP contribution in [-0.4, -0.2) is 47.4 Å². The molecule has 9 heteroatoms. The minimum Gasteiger partial charge on any atom is -0.454 e. The third-order valence-electron chi connectivity index (χ3n) is 5.55. The number of hydrogen-bond donors (Lipinski definition) is 2. The van der Waals surface area contributed by atoms with Gasteiger partial charge in [0, 0.05) is 0 Å². The van der Waals surface area contributed by atoms with Crippen LogP contribution < -0.4 is 10.6 Å². The minimum atomic E-state index is -0.935. The summed E-state index contributed by atoms with van der Waals surface area (Å²) in [5, 5.41) is 5.69. The molecule has 1 aliphatic heterocycles. The van der Waals surface area contributed by atoms with Gasteiger partial charge in [-0.05, 0) is 43.4 Å². The molecule has 2 fully saturated rings. The predicted molar refractivity (Wildman–Crippen MR) is 106 cm³/mol. The van der Waals surface area contributed by atoms with Gasteiger partial charge >= 0.3 is 12.0 Å². The average molecular weight is 422 g/mol. The number of benzene rings is 1. The third kappa shape index (κ3) is 4.37. The fourth-order valence-electron chi connectivity index (χ4n) is 3.87. The Labute approximate surface area is 173 Å². The smallest absolute Gasteiger partial charge is 0.326 e. The second-order valence-corrected chi connectivity index (χ2v) is 8.04. The second kappa shape index (κ2) is 8.41. The van der Waals surface area contributed by atoms with Crippen molar-refractivity contribution in [3.63, 3.8) is 0 Å². The monoisotopic (exact) mass is 421 g/mol. The first-order valence-corrected chi connectivity index (χ1v) is 9.96. The normalized spacial score (nSPS) is 23.8. The van der Waals surface area contributed by atoms with E-state index in [1.165, 1.54) is 0 Å². The first-order valence-electron chi connectivity index (χ1n) is 9.58. The maximum absolute atomic E-state index is 12.8. The Bertz CT molecular complexity index is 859. The SMILES string of the molecule is Cc1ccc(NC(=O)COC(=O)CN2C(=O)N[C@@]3(CCCC[C@@H]3C)C2=O)c(Cl)c1. The van der Waals surface area contributed by atoms with E-state index in [0.717, 1.165) is 29.7 Å². The van der Waals surface area contributed by atoms with Crippen LogP contribution in [0.25, 0.3) is 0 Å². The summed E-state index contributed by atoms with van der Waals surface area (Å²) in [7, 11) is 0. The van der Waals surface area contributed by atoms with Crippen molar-refractivity contribution in [1.29, 1.82) is 0 Å². The number of nitrogens with zero attached hydrogens (tertiary/aromatic N) is 1. The summed E-state index contributed by atoms with van der Waals surface area (Å²) >= 11 is 6.05. The van der Waals surface area contributed by atoms with Crippen molar-refractivity contribution in [2.75, 3.05) is 18.5 Å². The van der Waals surface area contributed by atoms with Crippen molar-refractivity contribution in [1.82, 2.24) is 10.2 Å². The first-order chi connectivity index (χ1) is 13.7. The molecule has 8 nitrogen and oxygen atoms in total. The minimum absolute atomic E-state index is 0.00115. The second-order valence-electron chi connectivity index (χ2n) is 7.63. The molecule has 1 aromatic rings. The van der Waals surface area contributed by atoms with Crippen LogP contribution in [-0.2, 0) is 19.1 Å². The summed E-state index contributed by atoms with van der Waals surface area (Å²) < 4.78 is 4.93. The van der Waals surface area contributed by atoms with Crippen molar-refractivity contribution in [3.05, 3.63) is 28.8 Å². The standard InChI is InChI=1S/C20H24ClN3O5/c1-12-6-7-15(14(21)9-12)22-16(25)11-29-17(26)10-24-18(27)20(23-19(24)28)8-4-3-5-13(20)2/h6-7,9,13H,3-5,8,10-11H2,1-2H3,(H,22,25)(H,23,28)/t13-,20+/m0/s1. The molecule has 156 valence electrons. The number of aryl methyl sites for hydroxylation is 1. The van der Waals surface area contributed by atoms with Gasteiger partial charge in [-0.3, -0.25) is 19.3 Å². The van der Waals surface area contributed by atoms with Crippen LogP contribution in [0.4, 0.5) is 10.5 Å². The van der Waals surface area contributed by atoms with Gasteiger partial charge in [0.1, 0.15) is 12.1 Å². The summed E-state index contributed by atoms with van der Waals surface area (Å²) in [6, 6.07) is 4.53. The molecule has 1 saturated carbocycles. The molecule has 0 unspecified atom stereocenters. The van der Waals surface area contributed by atoms with Gasteiger partial charge in [-0.15, -0.1) is 0 Å². The summed E-state index contributed by atoms with van der Waals surface area (Å²) in [6.45, 7) is 2.72. The molecule has 1 aliphatic carbocycles. The van der Waals surface area contributed by atoms with Crippen LogP contribution in [0.15, 0.2) is 18.2 Å². The van der Waals surface area contributed by atoms with Crippen molar-refractivity contribution in [3.8, 4) is 0 Å². The molecule has 3 rings (SSSR count). The topological polar surface area (TPSA) is 105 Å². The van der Waals surface area contributed by atoms with Crippen LogP contribution >= 0.6 is 11.6 Å². The molecular formula is C20H24ClN3O5. The van der Waals surface area contributed by atoms with Gasteiger partial charge < -0.3 is 15.4 Å². The van der Waals surface area contributed by atoms with E-state index in [-0.39, 0.29) is 5.92 Å². The number of nitrogens with one attached hydrogen (secondary N) is 2. The highest BCUT2D eigenvalue weighted by Crippen LogP contribution is 2.38. The van der Waals surface area contributed by atoms with Crippen LogP contribution in [0, 0.1) is 12.8 Å². The van der Waals surface area contributed by atoms with E-state index in [2.05, 4.69) is 10.6 Å². The number of hydrogen-bond acceptors (Lipinski definition) is 5. The van der Waals surface area contributed by atoms with E-state index in [4.69, 9.17) is 16.3 Å². The number of esters is 1. The fourth-order valence-corrected chi connectivity index (χ4v) is 4.15. The zero-order valence-electron chi connectivity index (χ0n) is 16.4. The van der Waals surface area contributed by atoms with E-state index in [1.807, 2.05) is 13.8 Å². The quantitative estimate of drug-likeness (QED) is 0.561. The number of rotatable bonds is 5. The highest BCUT2D eigenvalue weighted by Gasteiger charge is 2.55. The predicted octanol–water partition coefficient (Wildman–Crippen LogP) is 2.63. The Morgan fingerprint density at radius 2 is 2.10 bits per heavy atom. The van der Waals surface area contributed by atoms with Gasteiger partial charge in [0.2, 0.25) is 0 Å². The number of amides is 4. The number of carbonyl (C=O) groups excluding carboxylic acids is 4. The molecule has 0 radical (unpaired) electrons. The van der Waals surface area contributed by atoms with Crippen LogP contribution in [0.2, 0.25) is 5.02 Å². The van der Waals surface area contributed by atoms with Gasteiger partial charge in [0.05, 0.1) is 10.7 Å². The lowest BCUT2D eigenvalue weighted by Crippen LogP contribution is -2.54. The van der Waals surface area contributed by atoms with E-state index < -0.39 is 42.5 Å². The number of ether oxygens (including phenoxy) is 1. The molecule has 0 bridgehead atoms. The van der Waals surface area contributed by atoms with E-state index in [1.54, 1.807) is 18.2 Å². The summed E-state index contributed by atoms with van der Waals surface area (Å²) in [6.07, 6.45) is 3.25. The number of anilines is 1. The van der Waals surface area contributed by atoms with Crippen molar-refractivity contribution in [2.45, 2.75) is 45.1 Å².